The molecule has 108 valence electrons. The summed E-state index contributed by atoms with van der Waals surface area (Å²) in [5.41, 5.74) is -0.0766. The second kappa shape index (κ2) is 6.30. The zero-order valence-electron chi connectivity index (χ0n) is 10.2. The molecule has 1 aromatic heterocycles. The van der Waals surface area contributed by atoms with Crippen LogP contribution in [0.3, 0.4) is 0 Å². The summed E-state index contributed by atoms with van der Waals surface area (Å²) in [4.78, 5) is 27.0. The molecule has 2 aromatic rings. The summed E-state index contributed by atoms with van der Waals surface area (Å²) in [6.45, 7) is 0. The van der Waals surface area contributed by atoms with Crippen LogP contribution in [-0.4, -0.2) is 22.0 Å². The van der Waals surface area contributed by atoms with Crippen LogP contribution < -0.4 is 5.32 Å². The second-order valence-electron chi connectivity index (χ2n) is 3.89. The van der Waals surface area contributed by atoms with Crippen molar-refractivity contribution in [3.63, 3.8) is 0 Å². The van der Waals surface area contributed by atoms with Gasteiger partial charge < -0.3 is 10.4 Å². The van der Waals surface area contributed by atoms with Crippen LogP contribution in [0.2, 0.25) is 15.1 Å². The highest BCUT2D eigenvalue weighted by Crippen LogP contribution is 2.31. The molecule has 21 heavy (non-hydrogen) atoms. The van der Waals surface area contributed by atoms with Gasteiger partial charge in [0.15, 0.2) is 0 Å². The number of carboxylic acids is 1. The molecule has 1 amide bonds. The average molecular weight is 346 g/mol. The van der Waals surface area contributed by atoms with Gasteiger partial charge in [-0.2, -0.15) is 0 Å². The lowest BCUT2D eigenvalue weighted by Gasteiger charge is -2.09. The van der Waals surface area contributed by atoms with E-state index in [-0.39, 0.29) is 32.0 Å². The third-order valence-electron chi connectivity index (χ3n) is 2.54. The van der Waals surface area contributed by atoms with E-state index >= 15 is 0 Å². The molecule has 0 radical (unpaired) electrons. The van der Waals surface area contributed by atoms with Crippen LogP contribution in [0.15, 0.2) is 30.5 Å². The van der Waals surface area contributed by atoms with Crippen molar-refractivity contribution in [2.75, 3.05) is 5.32 Å². The van der Waals surface area contributed by atoms with Gasteiger partial charge in [-0.3, -0.25) is 4.79 Å². The molecule has 2 rings (SSSR count). The van der Waals surface area contributed by atoms with Crippen LogP contribution in [0.25, 0.3) is 0 Å². The number of anilines is 1. The van der Waals surface area contributed by atoms with Crippen molar-refractivity contribution in [1.29, 1.82) is 0 Å². The molecule has 2 N–H and O–H groups in total. The van der Waals surface area contributed by atoms with E-state index in [1.807, 2.05) is 0 Å². The van der Waals surface area contributed by atoms with E-state index < -0.39 is 11.9 Å². The second-order valence-corrected chi connectivity index (χ2v) is 5.05. The van der Waals surface area contributed by atoms with E-state index in [0.717, 1.165) is 0 Å². The van der Waals surface area contributed by atoms with Crippen LogP contribution in [0.5, 0.6) is 0 Å². The quantitative estimate of drug-likeness (QED) is 0.881. The van der Waals surface area contributed by atoms with Gasteiger partial charge in [0.1, 0.15) is 5.69 Å². The van der Waals surface area contributed by atoms with E-state index in [1.54, 1.807) is 12.1 Å². The van der Waals surface area contributed by atoms with E-state index in [4.69, 9.17) is 39.9 Å². The number of benzene rings is 1. The number of halogens is 3. The normalized spacial score (nSPS) is 10.2. The largest absolute Gasteiger partial charge is 0.478 e. The lowest BCUT2D eigenvalue weighted by atomic mass is 10.1. The number of hydrogen-bond donors (Lipinski definition) is 2. The first-order chi connectivity index (χ1) is 9.91. The van der Waals surface area contributed by atoms with Gasteiger partial charge in [-0.15, -0.1) is 0 Å². The Bertz CT molecular complexity index is 735. The van der Waals surface area contributed by atoms with Crippen molar-refractivity contribution in [1.82, 2.24) is 4.98 Å². The summed E-state index contributed by atoms with van der Waals surface area (Å²) >= 11 is 17.5. The Balaban J connectivity index is 2.36. The summed E-state index contributed by atoms with van der Waals surface area (Å²) in [5, 5.41) is 11.5. The molecule has 1 aromatic carbocycles. The van der Waals surface area contributed by atoms with Gasteiger partial charge in [0.2, 0.25) is 0 Å². The molecular formula is C13H7Cl3N2O3. The highest BCUT2D eigenvalue weighted by molar-refractivity contribution is 6.49. The molecule has 0 aliphatic rings. The van der Waals surface area contributed by atoms with Crippen molar-refractivity contribution < 1.29 is 14.7 Å². The monoisotopic (exact) mass is 344 g/mol. The number of rotatable bonds is 3. The zero-order chi connectivity index (χ0) is 15.6. The Morgan fingerprint density at radius 1 is 1.10 bits per heavy atom. The first kappa shape index (κ1) is 15.6. The van der Waals surface area contributed by atoms with Crippen LogP contribution in [-0.2, 0) is 0 Å². The summed E-state index contributed by atoms with van der Waals surface area (Å²) in [6, 6.07) is 5.95. The Labute approximate surface area is 134 Å². The van der Waals surface area contributed by atoms with E-state index in [9.17, 15) is 9.59 Å². The fourth-order valence-corrected chi connectivity index (χ4v) is 2.13. The van der Waals surface area contributed by atoms with Crippen molar-refractivity contribution >= 4 is 52.4 Å². The Morgan fingerprint density at radius 2 is 1.76 bits per heavy atom. The number of pyridine rings is 1. The number of carbonyl (C=O) groups excluding carboxylic acids is 1. The van der Waals surface area contributed by atoms with Crippen LogP contribution in [0.1, 0.15) is 20.8 Å². The van der Waals surface area contributed by atoms with Gasteiger partial charge in [0.05, 0.1) is 26.3 Å². The van der Waals surface area contributed by atoms with Gasteiger partial charge in [0, 0.05) is 6.20 Å². The van der Waals surface area contributed by atoms with Crippen LogP contribution in [0, 0.1) is 0 Å². The fourth-order valence-electron chi connectivity index (χ4n) is 1.56. The zero-order valence-corrected chi connectivity index (χ0v) is 12.5. The first-order valence-electron chi connectivity index (χ1n) is 5.55. The predicted molar refractivity (Wildman–Crippen MR) is 80.6 cm³/mol. The van der Waals surface area contributed by atoms with E-state index in [0.29, 0.717) is 0 Å². The number of amides is 1. The standard InChI is InChI=1S/C13H7Cl3N2O3/c14-7-5-17-11(10(16)9(7)15)12(19)18-8-4-2-1-3-6(8)13(20)21/h1-5H,(H,18,19)(H,20,21). The number of para-hydroxylation sites is 1. The Morgan fingerprint density at radius 3 is 2.43 bits per heavy atom. The smallest absolute Gasteiger partial charge is 0.337 e. The number of nitrogens with zero attached hydrogens (tertiary/aromatic N) is 1. The summed E-state index contributed by atoms with van der Waals surface area (Å²) in [7, 11) is 0. The van der Waals surface area contributed by atoms with E-state index in [2.05, 4.69) is 10.3 Å². The fraction of sp³-hybridized carbons (Fsp3) is 0. The lowest BCUT2D eigenvalue weighted by Crippen LogP contribution is -2.16. The molecule has 0 fully saturated rings. The van der Waals surface area contributed by atoms with Gasteiger partial charge in [0.25, 0.3) is 5.91 Å². The molecule has 0 saturated carbocycles. The average Bonchev–Trinajstić information content (AvgIpc) is 2.45. The van der Waals surface area contributed by atoms with Crippen molar-refractivity contribution in [2.24, 2.45) is 0 Å². The minimum atomic E-state index is -1.17. The van der Waals surface area contributed by atoms with E-state index in [1.165, 1.54) is 18.3 Å². The topological polar surface area (TPSA) is 79.3 Å². The highest BCUT2D eigenvalue weighted by Gasteiger charge is 2.19. The molecule has 0 aliphatic heterocycles. The number of nitrogens with one attached hydrogen (secondary N) is 1. The maximum absolute atomic E-state index is 12.1. The van der Waals surface area contributed by atoms with Gasteiger partial charge in [-0.1, -0.05) is 46.9 Å². The molecule has 0 saturated heterocycles. The molecule has 0 atom stereocenters. The number of carbonyl (C=O) groups is 2. The number of carboxylic acid groups (broad SMARTS) is 1. The molecular weight excluding hydrogens is 339 g/mol. The molecule has 8 heteroatoms. The van der Waals surface area contributed by atoms with Crippen molar-refractivity contribution in [2.45, 2.75) is 0 Å². The number of aromatic carboxylic acids is 1. The highest BCUT2D eigenvalue weighted by atomic mass is 35.5. The predicted octanol–water partition coefficient (Wildman–Crippen LogP) is 3.99. The SMILES string of the molecule is O=C(O)c1ccccc1NC(=O)c1ncc(Cl)c(Cl)c1Cl. The van der Waals surface area contributed by atoms with Gasteiger partial charge in [-0.25, -0.2) is 9.78 Å². The van der Waals surface area contributed by atoms with Crippen LogP contribution in [0.4, 0.5) is 5.69 Å². The minimum Gasteiger partial charge on any atom is -0.478 e. The molecule has 0 spiro atoms. The number of aromatic nitrogens is 1. The third kappa shape index (κ3) is 3.26. The van der Waals surface area contributed by atoms with Gasteiger partial charge in [-0.05, 0) is 12.1 Å². The summed E-state index contributed by atoms with van der Waals surface area (Å²) in [5.74, 6) is -1.86. The summed E-state index contributed by atoms with van der Waals surface area (Å²) in [6.07, 6.45) is 1.19. The third-order valence-corrected chi connectivity index (χ3v) is 3.78. The van der Waals surface area contributed by atoms with Crippen molar-refractivity contribution in [3.05, 3.63) is 56.8 Å². The molecule has 0 unspecified atom stereocenters. The van der Waals surface area contributed by atoms with Gasteiger partial charge >= 0.3 is 5.97 Å². The molecule has 0 aliphatic carbocycles. The summed E-state index contributed by atoms with van der Waals surface area (Å²) < 4.78 is 0. The first-order valence-corrected chi connectivity index (χ1v) is 6.68. The Kier molecular flexibility index (Phi) is 4.67. The Hall–Kier alpha value is -1.82. The maximum Gasteiger partial charge on any atom is 0.337 e. The minimum absolute atomic E-state index is 0.00463. The molecule has 0 bridgehead atoms. The number of hydrogen-bond acceptors (Lipinski definition) is 3. The lowest BCUT2D eigenvalue weighted by molar-refractivity contribution is 0.0698. The maximum atomic E-state index is 12.1. The van der Waals surface area contributed by atoms with Crippen LogP contribution >= 0.6 is 34.8 Å². The van der Waals surface area contributed by atoms with Crippen molar-refractivity contribution in [3.8, 4) is 0 Å². The molecule has 5 nitrogen and oxygen atoms in total. The molecule has 1 heterocycles.